The quantitative estimate of drug-likeness (QED) is 0.799. The van der Waals surface area contributed by atoms with Crippen molar-refractivity contribution in [2.75, 3.05) is 13.1 Å². The SMILES string of the molecule is CC1(CCCC(F)(F)F)CCNCC1c1cccc(F)c1. The normalized spacial score (nSPS) is 26.8. The zero-order chi connectivity index (χ0) is 15.5. The van der Waals surface area contributed by atoms with Crippen molar-refractivity contribution in [3.63, 3.8) is 0 Å². The van der Waals surface area contributed by atoms with Gasteiger partial charge in [-0.1, -0.05) is 19.1 Å². The Labute approximate surface area is 122 Å². The molecule has 1 aliphatic rings. The number of hydrogen-bond acceptors (Lipinski definition) is 1. The summed E-state index contributed by atoms with van der Waals surface area (Å²) < 4.78 is 50.5. The number of rotatable bonds is 4. The summed E-state index contributed by atoms with van der Waals surface area (Å²) in [5.41, 5.74) is 0.654. The third-order valence-corrected chi connectivity index (χ3v) is 4.52. The van der Waals surface area contributed by atoms with Gasteiger partial charge in [-0.15, -0.1) is 0 Å². The minimum atomic E-state index is -4.10. The molecular weight excluding hydrogens is 282 g/mol. The van der Waals surface area contributed by atoms with Crippen molar-refractivity contribution in [1.82, 2.24) is 5.32 Å². The molecule has 1 nitrogen and oxygen atoms in total. The first-order valence-corrected chi connectivity index (χ1v) is 7.33. The third-order valence-electron chi connectivity index (χ3n) is 4.52. The van der Waals surface area contributed by atoms with Gasteiger partial charge in [-0.2, -0.15) is 13.2 Å². The standard InChI is InChI=1S/C16H21F4N/c1-15(6-3-7-16(18,19)20)8-9-21-11-14(15)12-4-2-5-13(17)10-12/h2,4-5,10,14,21H,3,6-9,11H2,1H3. The first-order valence-electron chi connectivity index (χ1n) is 7.33. The number of nitrogens with one attached hydrogen (secondary N) is 1. The summed E-state index contributed by atoms with van der Waals surface area (Å²) in [6.07, 6.45) is -3.39. The maximum absolute atomic E-state index is 13.4. The number of benzene rings is 1. The average Bonchev–Trinajstić information content (AvgIpc) is 2.37. The van der Waals surface area contributed by atoms with Crippen molar-refractivity contribution >= 4 is 0 Å². The van der Waals surface area contributed by atoms with Gasteiger partial charge in [0.05, 0.1) is 0 Å². The molecule has 1 aliphatic heterocycles. The van der Waals surface area contributed by atoms with E-state index in [1.54, 1.807) is 6.07 Å². The molecule has 5 heteroatoms. The predicted molar refractivity (Wildman–Crippen MR) is 74.6 cm³/mol. The van der Waals surface area contributed by atoms with E-state index in [0.717, 1.165) is 18.5 Å². The van der Waals surface area contributed by atoms with Crippen molar-refractivity contribution in [2.45, 2.75) is 44.7 Å². The zero-order valence-corrected chi connectivity index (χ0v) is 12.1. The minimum Gasteiger partial charge on any atom is -0.316 e. The number of halogens is 4. The van der Waals surface area contributed by atoms with E-state index in [-0.39, 0.29) is 23.6 Å². The first-order chi connectivity index (χ1) is 9.80. The molecule has 1 N–H and O–H groups in total. The molecule has 0 aromatic heterocycles. The van der Waals surface area contributed by atoms with E-state index in [1.807, 2.05) is 13.0 Å². The molecule has 0 bridgehead atoms. The minimum absolute atomic E-state index is 0.0511. The summed E-state index contributed by atoms with van der Waals surface area (Å²) >= 11 is 0. The van der Waals surface area contributed by atoms with Crippen LogP contribution in [0.1, 0.15) is 44.1 Å². The zero-order valence-electron chi connectivity index (χ0n) is 12.1. The van der Waals surface area contributed by atoms with Crippen LogP contribution in [0.3, 0.4) is 0 Å². The van der Waals surface area contributed by atoms with Crippen molar-refractivity contribution in [3.05, 3.63) is 35.6 Å². The van der Waals surface area contributed by atoms with Gasteiger partial charge in [0, 0.05) is 18.9 Å². The number of piperidine rings is 1. The maximum atomic E-state index is 13.4. The van der Waals surface area contributed by atoms with Crippen molar-refractivity contribution < 1.29 is 17.6 Å². The van der Waals surface area contributed by atoms with Crippen LogP contribution in [0, 0.1) is 11.2 Å². The van der Waals surface area contributed by atoms with Crippen LogP contribution in [0.4, 0.5) is 17.6 Å². The van der Waals surface area contributed by atoms with Crippen molar-refractivity contribution in [1.29, 1.82) is 0 Å². The summed E-state index contributed by atoms with van der Waals surface area (Å²) in [5, 5.41) is 3.27. The van der Waals surface area contributed by atoms with Crippen molar-refractivity contribution in [3.8, 4) is 0 Å². The second kappa shape index (κ2) is 6.34. The lowest BCUT2D eigenvalue weighted by Crippen LogP contribution is -2.42. The fourth-order valence-corrected chi connectivity index (χ4v) is 3.28. The van der Waals surface area contributed by atoms with E-state index >= 15 is 0 Å². The van der Waals surface area contributed by atoms with Gasteiger partial charge < -0.3 is 5.32 Å². The summed E-state index contributed by atoms with van der Waals surface area (Å²) in [5.74, 6) is -0.245. The van der Waals surface area contributed by atoms with Crippen LogP contribution < -0.4 is 5.32 Å². The predicted octanol–water partition coefficient (Wildman–Crippen LogP) is 4.64. The van der Waals surface area contributed by atoms with Crippen LogP contribution in [-0.2, 0) is 0 Å². The lowest BCUT2D eigenvalue weighted by Gasteiger charge is -2.42. The lowest BCUT2D eigenvalue weighted by molar-refractivity contribution is -0.137. The van der Waals surface area contributed by atoms with Crippen LogP contribution >= 0.6 is 0 Å². The molecule has 1 aromatic carbocycles. The third kappa shape index (κ3) is 4.43. The van der Waals surface area contributed by atoms with Gasteiger partial charge in [0.25, 0.3) is 0 Å². The molecule has 0 spiro atoms. The highest BCUT2D eigenvalue weighted by Crippen LogP contribution is 2.45. The van der Waals surface area contributed by atoms with Crippen LogP contribution in [0.25, 0.3) is 0 Å². The molecule has 21 heavy (non-hydrogen) atoms. The molecule has 2 rings (SSSR count). The summed E-state index contributed by atoms with van der Waals surface area (Å²) in [6, 6.07) is 6.42. The maximum Gasteiger partial charge on any atom is 0.389 e. The highest BCUT2D eigenvalue weighted by atomic mass is 19.4. The molecular formula is C16H21F4N. The highest BCUT2D eigenvalue weighted by Gasteiger charge is 2.38. The van der Waals surface area contributed by atoms with Gasteiger partial charge in [0.2, 0.25) is 0 Å². The van der Waals surface area contributed by atoms with Gasteiger partial charge in [-0.3, -0.25) is 0 Å². The Balaban J connectivity index is 2.10. The fraction of sp³-hybridized carbons (Fsp3) is 0.625. The molecule has 1 aromatic rings. The molecule has 1 heterocycles. The van der Waals surface area contributed by atoms with Crippen LogP contribution in [0.5, 0.6) is 0 Å². The second-order valence-corrected chi connectivity index (χ2v) is 6.18. The van der Waals surface area contributed by atoms with Crippen molar-refractivity contribution in [2.24, 2.45) is 5.41 Å². The summed E-state index contributed by atoms with van der Waals surface area (Å²) in [7, 11) is 0. The molecule has 2 unspecified atom stereocenters. The van der Waals surface area contributed by atoms with E-state index < -0.39 is 12.6 Å². The molecule has 1 saturated heterocycles. The van der Waals surface area contributed by atoms with Gasteiger partial charge >= 0.3 is 6.18 Å². The Kier molecular flexibility index (Phi) is 4.91. The number of alkyl halides is 3. The van der Waals surface area contributed by atoms with Gasteiger partial charge in [0.15, 0.2) is 0 Å². The Morgan fingerprint density at radius 1 is 1.33 bits per heavy atom. The summed E-state index contributed by atoms with van der Waals surface area (Å²) in [6.45, 7) is 3.51. The molecule has 0 amide bonds. The van der Waals surface area contributed by atoms with E-state index in [9.17, 15) is 17.6 Å². The molecule has 1 fully saturated rings. The molecule has 0 saturated carbocycles. The average molecular weight is 303 g/mol. The molecule has 118 valence electrons. The smallest absolute Gasteiger partial charge is 0.316 e. The van der Waals surface area contributed by atoms with E-state index in [1.165, 1.54) is 12.1 Å². The topological polar surface area (TPSA) is 12.0 Å². The largest absolute Gasteiger partial charge is 0.389 e. The Hall–Kier alpha value is -1.10. The van der Waals surface area contributed by atoms with Gasteiger partial charge in [-0.05, 0) is 48.9 Å². The Morgan fingerprint density at radius 2 is 2.10 bits per heavy atom. The lowest BCUT2D eigenvalue weighted by atomic mass is 9.66. The molecule has 2 atom stereocenters. The molecule has 0 aliphatic carbocycles. The molecule has 0 radical (unpaired) electrons. The van der Waals surface area contributed by atoms with E-state index in [2.05, 4.69) is 5.32 Å². The van der Waals surface area contributed by atoms with E-state index in [0.29, 0.717) is 13.0 Å². The first kappa shape index (κ1) is 16.3. The van der Waals surface area contributed by atoms with Gasteiger partial charge in [0.1, 0.15) is 5.82 Å². The summed E-state index contributed by atoms with van der Waals surface area (Å²) in [4.78, 5) is 0. The van der Waals surface area contributed by atoms with Gasteiger partial charge in [-0.25, -0.2) is 4.39 Å². The highest BCUT2D eigenvalue weighted by molar-refractivity contribution is 5.24. The fourth-order valence-electron chi connectivity index (χ4n) is 3.28. The van der Waals surface area contributed by atoms with Crippen LogP contribution in [0.15, 0.2) is 24.3 Å². The monoisotopic (exact) mass is 303 g/mol. The van der Waals surface area contributed by atoms with Crippen LogP contribution in [0.2, 0.25) is 0 Å². The Morgan fingerprint density at radius 3 is 2.76 bits per heavy atom. The second-order valence-electron chi connectivity index (χ2n) is 6.18. The Bertz CT molecular complexity index is 472. The van der Waals surface area contributed by atoms with Crippen LogP contribution in [-0.4, -0.2) is 19.3 Å². The van der Waals surface area contributed by atoms with E-state index in [4.69, 9.17) is 0 Å². The number of hydrogen-bond donors (Lipinski definition) is 1.